The molecule has 0 spiro atoms. The van der Waals surface area contributed by atoms with E-state index in [0.717, 1.165) is 0 Å². The number of hydrogen-bond acceptors (Lipinski definition) is 4. The summed E-state index contributed by atoms with van der Waals surface area (Å²) in [5.41, 5.74) is -1.05. The van der Waals surface area contributed by atoms with E-state index in [0.29, 0.717) is 21.7 Å². The first kappa shape index (κ1) is 11.2. The summed E-state index contributed by atoms with van der Waals surface area (Å²) in [4.78, 5) is 23.7. The molecule has 0 radical (unpaired) electrons. The van der Waals surface area contributed by atoms with Gasteiger partial charge >= 0.3 is 11.3 Å². The van der Waals surface area contributed by atoms with E-state index in [9.17, 15) is 9.59 Å². The third-order valence-corrected chi connectivity index (χ3v) is 2.99. The quantitative estimate of drug-likeness (QED) is 0.612. The Hall–Kier alpha value is -2.93. The molecule has 1 aromatic heterocycles. The van der Waals surface area contributed by atoms with Crippen molar-refractivity contribution in [1.29, 1.82) is 5.26 Å². The van der Waals surface area contributed by atoms with Crippen molar-refractivity contribution >= 4 is 21.5 Å². The molecule has 4 heteroatoms. The zero-order valence-corrected chi connectivity index (χ0v) is 9.71. The Bertz CT molecular complexity index is 965. The van der Waals surface area contributed by atoms with E-state index in [1.807, 2.05) is 6.07 Å². The number of hydrogen-bond donors (Lipinski definition) is 0. The van der Waals surface area contributed by atoms with Gasteiger partial charge in [-0.25, -0.2) is 9.59 Å². The molecule has 0 aliphatic rings. The van der Waals surface area contributed by atoms with E-state index in [4.69, 9.17) is 9.68 Å². The van der Waals surface area contributed by atoms with Gasteiger partial charge in [0.2, 0.25) is 0 Å². The van der Waals surface area contributed by atoms with Crippen molar-refractivity contribution in [3.05, 3.63) is 68.9 Å². The summed E-state index contributed by atoms with van der Waals surface area (Å²) in [7, 11) is 0. The number of nitriles is 1. The van der Waals surface area contributed by atoms with E-state index in [1.54, 1.807) is 36.4 Å². The molecule has 0 saturated carbocycles. The van der Waals surface area contributed by atoms with Crippen molar-refractivity contribution in [1.82, 2.24) is 0 Å². The van der Waals surface area contributed by atoms with Gasteiger partial charge in [-0.2, -0.15) is 5.26 Å². The second kappa shape index (κ2) is 4.07. The van der Waals surface area contributed by atoms with E-state index >= 15 is 0 Å². The number of benzene rings is 2. The van der Waals surface area contributed by atoms with Gasteiger partial charge in [-0.3, -0.25) is 0 Å². The summed E-state index contributed by atoms with van der Waals surface area (Å²) in [6.07, 6.45) is 0. The van der Waals surface area contributed by atoms with Crippen molar-refractivity contribution in [3.8, 4) is 6.07 Å². The van der Waals surface area contributed by atoms with Crippen LogP contribution in [0.5, 0.6) is 0 Å². The summed E-state index contributed by atoms with van der Waals surface area (Å²) in [5.74, 6) is 0. The molecular formula is C15H7NO3. The van der Waals surface area contributed by atoms with Crippen LogP contribution in [-0.4, -0.2) is 0 Å². The zero-order valence-electron chi connectivity index (χ0n) is 9.71. The molecule has 19 heavy (non-hydrogen) atoms. The van der Waals surface area contributed by atoms with Crippen LogP contribution in [0.2, 0.25) is 0 Å². The highest BCUT2D eigenvalue weighted by atomic mass is 16.4. The molecule has 4 nitrogen and oxygen atoms in total. The van der Waals surface area contributed by atoms with E-state index in [-0.39, 0.29) is 5.39 Å². The van der Waals surface area contributed by atoms with E-state index in [2.05, 4.69) is 0 Å². The van der Waals surface area contributed by atoms with Crippen LogP contribution in [-0.2, 0) is 0 Å². The second-order valence-electron chi connectivity index (χ2n) is 4.09. The molecule has 0 N–H and O–H groups in total. The molecule has 2 aromatic carbocycles. The van der Waals surface area contributed by atoms with Gasteiger partial charge in [-0.05, 0) is 29.0 Å². The minimum Gasteiger partial charge on any atom is -0.386 e. The molecule has 0 saturated heterocycles. The van der Waals surface area contributed by atoms with Crippen LogP contribution < -0.4 is 11.3 Å². The molecule has 90 valence electrons. The lowest BCUT2D eigenvalue weighted by Crippen LogP contribution is -2.04. The Kier molecular flexibility index (Phi) is 2.39. The minimum absolute atomic E-state index is 0.234. The highest BCUT2D eigenvalue weighted by Gasteiger charge is 2.07. The first-order valence-corrected chi connectivity index (χ1v) is 5.61. The number of rotatable bonds is 0. The number of fused-ring (bicyclic) bond motifs is 3. The predicted molar refractivity (Wildman–Crippen MR) is 71.0 cm³/mol. The van der Waals surface area contributed by atoms with Gasteiger partial charge < -0.3 is 4.42 Å². The monoisotopic (exact) mass is 249 g/mol. The summed E-state index contributed by atoms with van der Waals surface area (Å²) >= 11 is 0. The standard InChI is InChI=1S/C15H7NO3/c16-8-9-5-6-11-10-3-1-2-4-12(10)14(17)19-15(18)13(11)7-9/h1-7H. The maximum Gasteiger partial charge on any atom is 0.346 e. The fourth-order valence-corrected chi connectivity index (χ4v) is 2.11. The fraction of sp³-hybridized carbons (Fsp3) is 0. The highest BCUT2D eigenvalue weighted by Crippen LogP contribution is 2.20. The summed E-state index contributed by atoms with van der Waals surface area (Å²) in [6.45, 7) is 0. The van der Waals surface area contributed by atoms with Crippen LogP contribution in [0, 0.1) is 11.3 Å². The summed E-state index contributed by atoms with van der Waals surface area (Å²) in [6, 6.07) is 13.5. The summed E-state index contributed by atoms with van der Waals surface area (Å²) < 4.78 is 4.78. The van der Waals surface area contributed by atoms with Gasteiger partial charge in [0, 0.05) is 0 Å². The highest BCUT2D eigenvalue weighted by molar-refractivity contribution is 6.05. The van der Waals surface area contributed by atoms with Crippen LogP contribution in [0.4, 0.5) is 0 Å². The van der Waals surface area contributed by atoms with Crippen molar-refractivity contribution in [2.75, 3.05) is 0 Å². The smallest absolute Gasteiger partial charge is 0.346 e. The van der Waals surface area contributed by atoms with Crippen molar-refractivity contribution in [2.24, 2.45) is 0 Å². The van der Waals surface area contributed by atoms with Gasteiger partial charge in [0.1, 0.15) is 0 Å². The summed E-state index contributed by atoms with van der Waals surface area (Å²) in [5, 5.41) is 10.7. The molecule has 3 rings (SSSR count). The first-order chi connectivity index (χ1) is 9.20. The number of nitrogens with zero attached hydrogens (tertiary/aromatic N) is 1. The normalized spacial score (nSPS) is 10.5. The van der Waals surface area contributed by atoms with Gasteiger partial charge in [0.05, 0.1) is 22.4 Å². The SMILES string of the molecule is N#Cc1ccc2c(c1)c(=O)oc(=O)c1ccccc12. The Morgan fingerprint density at radius 1 is 0.842 bits per heavy atom. The molecule has 0 atom stereocenters. The molecule has 0 unspecified atom stereocenters. The zero-order chi connectivity index (χ0) is 13.4. The van der Waals surface area contributed by atoms with Gasteiger partial charge in [-0.15, -0.1) is 0 Å². The van der Waals surface area contributed by atoms with Crippen molar-refractivity contribution in [3.63, 3.8) is 0 Å². The lowest BCUT2D eigenvalue weighted by atomic mass is 10.1. The van der Waals surface area contributed by atoms with Crippen LogP contribution in [0.25, 0.3) is 21.5 Å². The molecule has 0 bridgehead atoms. The molecular weight excluding hydrogens is 242 g/mol. The Morgan fingerprint density at radius 2 is 1.47 bits per heavy atom. The third-order valence-electron chi connectivity index (χ3n) is 2.99. The Balaban J connectivity index is 2.73. The average Bonchev–Trinajstić information content (AvgIpc) is 2.55. The van der Waals surface area contributed by atoms with Gasteiger partial charge in [0.15, 0.2) is 0 Å². The molecule has 0 aliphatic heterocycles. The minimum atomic E-state index is -0.728. The second-order valence-corrected chi connectivity index (χ2v) is 4.09. The Labute approximate surface area is 107 Å². The topological polar surface area (TPSA) is 71.1 Å². The lowest BCUT2D eigenvalue weighted by molar-refractivity contribution is 0.491. The largest absolute Gasteiger partial charge is 0.386 e. The van der Waals surface area contributed by atoms with E-state index < -0.39 is 11.3 Å². The molecule has 0 fully saturated rings. The van der Waals surface area contributed by atoms with Gasteiger partial charge in [-0.1, -0.05) is 24.3 Å². The average molecular weight is 249 g/mol. The fourth-order valence-electron chi connectivity index (χ4n) is 2.11. The van der Waals surface area contributed by atoms with E-state index in [1.165, 1.54) is 6.07 Å². The van der Waals surface area contributed by atoms with Crippen LogP contribution in [0.1, 0.15) is 5.56 Å². The third kappa shape index (κ3) is 1.69. The van der Waals surface area contributed by atoms with Crippen LogP contribution in [0.15, 0.2) is 56.5 Å². The van der Waals surface area contributed by atoms with Crippen LogP contribution >= 0.6 is 0 Å². The lowest BCUT2D eigenvalue weighted by Gasteiger charge is -1.95. The maximum atomic E-state index is 11.9. The molecule has 0 aliphatic carbocycles. The molecule has 0 amide bonds. The first-order valence-electron chi connectivity index (χ1n) is 5.61. The molecule has 3 aromatic rings. The van der Waals surface area contributed by atoms with Crippen LogP contribution in [0.3, 0.4) is 0 Å². The Morgan fingerprint density at radius 3 is 2.21 bits per heavy atom. The van der Waals surface area contributed by atoms with Crippen molar-refractivity contribution < 1.29 is 4.42 Å². The van der Waals surface area contributed by atoms with Gasteiger partial charge in [0.25, 0.3) is 0 Å². The van der Waals surface area contributed by atoms with Crippen molar-refractivity contribution in [2.45, 2.75) is 0 Å². The predicted octanol–water partition coefficient (Wildman–Crippen LogP) is 2.18. The maximum absolute atomic E-state index is 11.9. The molecule has 1 heterocycles.